The van der Waals surface area contributed by atoms with Gasteiger partial charge in [0, 0.05) is 40.2 Å². The molecule has 50 heavy (non-hydrogen) atoms. The third-order valence-corrected chi connectivity index (χ3v) is 10.1. The van der Waals surface area contributed by atoms with Crippen LogP contribution in [0.3, 0.4) is 0 Å². The zero-order chi connectivity index (χ0) is 33.7. The molecular formula is C46H34N4. The first kappa shape index (κ1) is 29.8. The van der Waals surface area contributed by atoms with Gasteiger partial charge in [-0.05, 0) is 71.0 Å². The minimum atomic E-state index is -0.492. The van der Waals surface area contributed by atoms with Gasteiger partial charge in [0.1, 0.15) is 0 Å². The second kappa shape index (κ2) is 12.0. The molecule has 4 nitrogen and oxygen atoms in total. The molecule has 0 saturated heterocycles. The Balaban J connectivity index is 1.22. The van der Waals surface area contributed by atoms with Crippen molar-refractivity contribution in [1.29, 1.82) is 0 Å². The summed E-state index contributed by atoms with van der Waals surface area (Å²) in [6.07, 6.45) is 9.45. The van der Waals surface area contributed by atoms with E-state index in [4.69, 9.17) is 19.9 Å². The molecule has 0 aliphatic heterocycles. The molecule has 3 heterocycles. The molecule has 0 saturated carbocycles. The average Bonchev–Trinajstić information content (AvgIpc) is 3.62. The van der Waals surface area contributed by atoms with E-state index in [9.17, 15) is 0 Å². The van der Waals surface area contributed by atoms with Crippen LogP contribution in [0.2, 0.25) is 0 Å². The molecule has 2 aliphatic rings. The number of benzene rings is 4. The van der Waals surface area contributed by atoms with Gasteiger partial charge < -0.3 is 0 Å². The summed E-state index contributed by atoms with van der Waals surface area (Å²) < 4.78 is 0. The van der Waals surface area contributed by atoms with Crippen molar-refractivity contribution in [3.05, 3.63) is 186 Å². The summed E-state index contributed by atoms with van der Waals surface area (Å²) in [5, 5.41) is 0. The number of hydrogen-bond donors (Lipinski definition) is 0. The molecule has 0 radical (unpaired) electrons. The lowest BCUT2D eigenvalue weighted by Gasteiger charge is -2.31. The quantitative estimate of drug-likeness (QED) is 0.181. The Morgan fingerprint density at radius 1 is 0.560 bits per heavy atom. The molecule has 4 aromatic carbocycles. The van der Waals surface area contributed by atoms with Crippen LogP contribution in [0.4, 0.5) is 0 Å². The SMILES string of the molecule is CC/C=C\C1=C(C)c2ccccc2C12c1cccnc1-c1ncc(-c3cccc(-c4cc(-c5ccccc5)nc(-c5ccccc5)n4)c3)cc12. The summed E-state index contributed by atoms with van der Waals surface area (Å²) in [5.74, 6) is 0.702. The first-order valence-electron chi connectivity index (χ1n) is 17.2. The van der Waals surface area contributed by atoms with Crippen molar-refractivity contribution < 1.29 is 0 Å². The number of hydrogen-bond acceptors (Lipinski definition) is 4. The summed E-state index contributed by atoms with van der Waals surface area (Å²) in [5.41, 5.74) is 15.9. The fourth-order valence-electron chi connectivity index (χ4n) is 7.84. The summed E-state index contributed by atoms with van der Waals surface area (Å²) >= 11 is 0. The van der Waals surface area contributed by atoms with Crippen LogP contribution >= 0.6 is 0 Å². The van der Waals surface area contributed by atoms with Gasteiger partial charge in [-0.1, -0.05) is 128 Å². The molecule has 0 amide bonds. The molecule has 1 atom stereocenters. The lowest BCUT2D eigenvalue weighted by molar-refractivity contribution is 0.781. The molecular weight excluding hydrogens is 609 g/mol. The Kier molecular flexibility index (Phi) is 7.17. The predicted octanol–water partition coefficient (Wildman–Crippen LogP) is 11.0. The molecule has 7 aromatic rings. The van der Waals surface area contributed by atoms with Crippen LogP contribution in [0, 0.1) is 0 Å². The predicted molar refractivity (Wildman–Crippen MR) is 203 cm³/mol. The van der Waals surface area contributed by atoms with E-state index in [0.29, 0.717) is 5.82 Å². The lowest BCUT2D eigenvalue weighted by atomic mass is 9.69. The fraction of sp³-hybridized carbons (Fsp3) is 0.0870. The van der Waals surface area contributed by atoms with Gasteiger partial charge in [-0.2, -0.15) is 0 Å². The minimum absolute atomic E-state index is 0.492. The van der Waals surface area contributed by atoms with Crippen molar-refractivity contribution in [2.24, 2.45) is 0 Å². The Labute approximate surface area is 292 Å². The third kappa shape index (κ3) is 4.60. The number of pyridine rings is 2. The summed E-state index contributed by atoms with van der Waals surface area (Å²) in [6, 6.07) is 46.7. The Morgan fingerprint density at radius 3 is 2.02 bits per heavy atom. The number of fused-ring (bicyclic) bond motifs is 7. The molecule has 0 N–H and O–H groups in total. The second-order valence-electron chi connectivity index (χ2n) is 12.9. The highest BCUT2D eigenvalue weighted by molar-refractivity contribution is 5.94. The topological polar surface area (TPSA) is 51.6 Å². The van der Waals surface area contributed by atoms with E-state index >= 15 is 0 Å². The van der Waals surface area contributed by atoms with Gasteiger partial charge in [0.05, 0.1) is 28.2 Å². The maximum absolute atomic E-state index is 5.18. The maximum Gasteiger partial charge on any atom is 0.160 e. The molecule has 3 aromatic heterocycles. The normalized spacial score (nSPS) is 15.8. The maximum atomic E-state index is 5.18. The molecule has 1 spiro atoms. The average molecular weight is 643 g/mol. The van der Waals surface area contributed by atoms with E-state index in [1.54, 1.807) is 0 Å². The largest absolute Gasteiger partial charge is 0.254 e. The van der Waals surface area contributed by atoms with Crippen LogP contribution in [0.25, 0.3) is 62.0 Å². The molecule has 4 heteroatoms. The Bertz CT molecular complexity index is 2420. The van der Waals surface area contributed by atoms with Crippen molar-refractivity contribution in [1.82, 2.24) is 19.9 Å². The summed E-state index contributed by atoms with van der Waals surface area (Å²) in [7, 11) is 0. The summed E-state index contributed by atoms with van der Waals surface area (Å²) in [6.45, 7) is 4.45. The van der Waals surface area contributed by atoms with E-state index in [1.165, 1.54) is 33.4 Å². The fourth-order valence-corrected chi connectivity index (χ4v) is 7.84. The Morgan fingerprint density at radius 2 is 1.22 bits per heavy atom. The van der Waals surface area contributed by atoms with E-state index in [0.717, 1.165) is 57.0 Å². The molecule has 0 fully saturated rings. The van der Waals surface area contributed by atoms with Gasteiger partial charge in [-0.25, -0.2) is 9.97 Å². The van der Waals surface area contributed by atoms with Crippen LogP contribution in [-0.4, -0.2) is 19.9 Å². The first-order chi connectivity index (χ1) is 24.7. The molecule has 2 aliphatic carbocycles. The van der Waals surface area contributed by atoms with Gasteiger partial charge in [0.2, 0.25) is 0 Å². The van der Waals surface area contributed by atoms with Crippen LogP contribution in [-0.2, 0) is 5.41 Å². The van der Waals surface area contributed by atoms with E-state index in [1.807, 2.05) is 48.8 Å². The van der Waals surface area contributed by atoms with E-state index < -0.39 is 5.41 Å². The van der Waals surface area contributed by atoms with Crippen molar-refractivity contribution in [2.75, 3.05) is 0 Å². The smallest absolute Gasteiger partial charge is 0.160 e. The number of rotatable bonds is 6. The molecule has 1 unspecified atom stereocenters. The van der Waals surface area contributed by atoms with E-state index in [2.05, 4.69) is 123 Å². The number of nitrogens with zero attached hydrogens (tertiary/aromatic N) is 4. The van der Waals surface area contributed by atoms with Gasteiger partial charge in [-0.3, -0.25) is 9.97 Å². The van der Waals surface area contributed by atoms with Crippen LogP contribution in [0.15, 0.2) is 164 Å². The minimum Gasteiger partial charge on any atom is -0.254 e. The van der Waals surface area contributed by atoms with Crippen LogP contribution < -0.4 is 0 Å². The van der Waals surface area contributed by atoms with Crippen molar-refractivity contribution in [2.45, 2.75) is 25.7 Å². The number of allylic oxidation sites excluding steroid dienone is 4. The van der Waals surface area contributed by atoms with Crippen molar-refractivity contribution in [3.63, 3.8) is 0 Å². The zero-order valence-corrected chi connectivity index (χ0v) is 28.0. The zero-order valence-electron chi connectivity index (χ0n) is 28.0. The molecule has 9 rings (SSSR count). The Hall–Kier alpha value is -6.26. The molecule has 0 bridgehead atoms. The highest BCUT2D eigenvalue weighted by Crippen LogP contribution is 2.61. The van der Waals surface area contributed by atoms with E-state index in [-0.39, 0.29) is 0 Å². The lowest BCUT2D eigenvalue weighted by Crippen LogP contribution is -2.27. The highest BCUT2D eigenvalue weighted by Gasteiger charge is 2.52. The van der Waals surface area contributed by atoms with Crippen molar-refractivity contribution >= 4 is 5.57 Å². The van der Waals surface area contributed by atoms with Crippen LogP contribution in [0.5, 0.6) is 0 Å². The highest BCUT2D eigenvalue weighted by atomic mass is 14.9. The monoisotopic (exact) mass is 642 g/mol. The van der Waals surface area contributed by atoms with Gasteiger partial charge in [-0.15, -0.1) is 0 Å². The van der Waals surface area contributed by atoms with Gasteiger partial charge in [0.15, 0.2) is 5.82 Å². The van der Waals surface area contributed by atoms with Gasteiger partial charge >= 0.3 is 0 Å². The summed E-state index contributed by atoms with van der Waals surface area (Å²) in [4.78, 5) is 20.2. The van der Waals surface area contributed by atoms with Crippen LogP contribution in [0.1, 0.15) is 42.5 Å². The molecule has 238 valence electrons. The third-order valence-electron chi connectivity index (χ3n) is 10.1. The first-order valence-corrected chi connectivity index (χ1v) is 17.2. The van der Waals surface area contributed by atoms with Crippen molar-refractivity contribution in [3.8, 4) is 56.4 Å². The second-order valence-corrected chi connectivity index (χ2v) is 12.9. The standard InChI is InChI=1S/C46H34N4/c1-3-4-22-37-30(2)36-21-11-12-23-38(36)46(37)39-24-14-25-47-43(39)44-40(46)27-35(29-48-44)33-19-13-20-34(26-33)42-28-41(31-15-7-5-8-16-31)49-45(50-42)32-17-9-6-10-18-32/h4-29H,3H2,1-2H3/b22-4-. The number of aromatic nitrogens is 4. The van der Waals surface area contributed by atoms with Gasteiger partial charge in [0.25, 0.3) is 0 Å².